The summed E-state index contributed by atoms with van der Waals surface area (Å²) in [7, 11) is -3.33. The number of hydrogen-bond acceptors (Lipinski definition) is 4. The van der Waals surface area contributed by atoms with Crippen molar-refractivity contribution in [2.24, 2.45) is 5.92 Å². The first kappa shape index (κ1) is 15.3. The van der Waals surface area contributed by atoms with Crippen molar-refractivity contribution in [3.05, 3.63) is 29.8 Å². The van der Waals surface area contributed by atoms with Crippen molar-refractivity contribution in [1.82, 2.24) is 4.72 Å². The van der Waals surface area contributed by atoms with Crippen molar-refractivity contribution in [2.75, 3.05) is 25.5 Å². The molecule has 1 saturated carbocycles. The second kappa shape index (κ2) is 7.06. The molecule has 1 aliphatic carbocycles. The van der Waals surface area contributed by atoms with Crippen LogP contribution in [0.3, 0.4) is 0 Å². The Balaban J connectivity index is 1.66. The lowest BCUT2D eigenvalue weighted by atomic mass is 10.2. The predicted molar refractivity (Wildman–Crippen MR) is 79.6 cm³/mol. The van der Waals surface area contributed by atoms with Gasteiger partial charge in [0.2, 0.25) is 10.0 Å². The number of nitrogen functional groups attached to an aromatic ring is 1. The molecule has 5 nitrogen and oxygen atoms in total. The van der Waals surface area contributed by atoms with Gasteiger partial charge in [0.1, 0.15) is 0 Å². The minimum atomic E-state index is -3.33. The van der Waals surface area contributed by atoms with E-state index in [0.717, 1.165) is 12.5 Å². The van der Waals surface area contributed by atoms with E-state index in [1.807, 2.05) is 0 Å². The van der Waals surface area contributed by atoms with Gasteiger partial charge < -0.3 is 10.5 Å². The zero-order valence-electron chi connectivity index (χ0n) is 11.5. The van der Waals surface area contributed by atoms with E-state index >= 15 is 0 Å². The molecule has 3 N–H and O–H groups in total. The number of hydrogen-bond donors (Lipinski definition) is 2. The van der Waals surface area contributed by atoms with E-state index in [-0.39, 0.29) is 5.75 Å². The molecular formula is C14H22N2O3S. The molecule has 112 valence electrons. The molecule has 0 unspecified atom stereocenters. The summed E-state index contributed by atoms with van der Waals surface area (Å²) in [5, 5.41) is 0. The molecule has 0 bridgehead atoms. The van der Waals surface area contributed by atoms with Crippen LogP contribution < -0.4 is 10.5 Å². The maximum atomic E-state index is 11.9. The van der Waals surface area contributed by atoms with Crippen molar-refractivity contribution in [1.29, 1.82) is 0 Å². The largest absolute Gasteiger partial charge is 0.398 e. The minimum Gasteiger partial charge on any atom is -0.398 e. The van der Waals surface area contributed by atoms with E-state index in [2.05, 4.69) is 4.72 Å². The molecule has 1 aromatic rings. The van der Waals surface area contributed by atoms with Crippen molar-refractivity contribution in [3.63, 3.8) is 0 Å². The van der Waals surface area contributed by atoms with Gasteiger partial charge in [-0.3, -0.25) is 0 Å². The second-order valence-corrected chi connectivity index (χ2v) is 7.03. The third-order valence-corrected chi connectivity index (χ3v) is 4.57. The molecule has 0 spiro atoms. The highest BCUT2D eigenvalue weighted by atomic mass is 32.2. The summed E-state index contributed by atoms with van der Waals surface area (Å²) in [4.78, 5) is 0. The first-order valence-electron chi connectivity index (χ1n) is 6.95. The average molecular weight is 298 g/mol. The van der Waals surface area contributed by atoms with E-state index < -0.39 is 10.0 Å². The third-order valence-electron chi connectivity index (χ3n) is 3.24. The van der Waals surface area contributed by atoms with Gasteiger partial charge in [0.25, 0.3) is 0 Å². The van der Waals surface area contributed by atoms with Crippen LogP contribution in [0.4, 0.5) is 5.69 Å². The van der Waals surface area contributed by atoms with Crippen molar-refractivity contribution in [3.8, 4) is 0 Å². The SMILES string of the molecule is Nc1ccccc1CS(=O)(=O)NCCCOCC1CC1. The Morgan fingerprint density at radius 1 is 1.30 bits per heavy atom. The molecule has 0 aromatic heterocycles. The molecular weight excluding hydrogens is 276 g/mol. The fourth-order valence-corrected chi connectivity index (χ4v) is 3.09. The van der Waals surface area contributed by atoms with E-state index in [1.54, 1.807) is 24.3 Å². The highest BCUT2D eigenvalue weighted by Gasteiger charge is 2.20. The van der Waals surface area contributed by atoms with Gasteiger partial charge in [-0.2, -0.15) is 0 Å². The lowest BCUT2D eigenvalue weighted by Gasteiger charge is -2.08. The van der Waals surface area contributed by atoms with Crippen molar-refractivity contribution in [2.45, 2.75) is 25.0 Å². The van der Waals surface area contributed by atoms with Crippen molar-refractivity contribution >= 4 is 15.7 Å². The highest BCUT2D eigenvalue weighted by molar-refractivity contribution is 7.88. The van der Waals surface area contributed by atoms with Crippen LogP contribution in [0.25, 0.3) is 0 Å². The van der Waals surface area contributed by atoms with Gasteiger partial charge in [-0.25, -0.2) is 13.1 Å². The van der Waals surface area contributed by atoms with Gasteiger partial charge in [0, 0.05) is 25.4 Å². The Morgan fingerprint density at radius 2 is 2.05 bits per heavy atom. The van der Waals surface area contributed by atoms with Gasteiger partial charge in [0.15, 0.2) is 0 Å². The Hall–Kier alpha value is -1.11. The first-order valence-corrected chi connectivity index (χ1v) is 8.60. The number of nitrogens with one attached hydrogen (secondary N) is 1. The van der Waals surface area contributed by atoms with Crippen LogP contribution in [-0.2, 0) is 20.5 Å². The number of benzene rings is 1. The predicted octanol–water partition coefficient (Wildman–Crippen LogP) is 1.50. The summed E-state index contributed by atoms with van der Waals surface area (Å²) in [6.45, 7) is 1.82. The molecule has 0 radical (unpaired) electrons. The van der Waals surface area contributed by atoms with Gasteiger partial charge in [0.05, 0.1) is 5.75 Å². The molecule has 0 aliphatic heterocycles. The topological polar surface area (TPSA) is 81.4 Å². The lowest BCUT2D eigenvalue weighted by molar-refractivity contribution is 0.123. The molecule has 2 rings (SSSR count). The number of ether oxygens (including phenoxy) is 1. The Kier molecular flexibility index (Phi) is 5.39. The van der Waals surface area contributed by atoms with Crippen LogP contribution in [0.2, 0.25) is 0 Å². The van der Waals surface area contributed by atoms with Crippen molar-refractivity contribution < 1.29 is 13.2 Å². The lowest BCUT2D eigenvalue weighted by Crippen LogP contribution is -2.27. The van der Waals surface area contributed by atoms with E-state index in [1.165, 1.54) is 12.8 Å². The molecule has 0 saturated heterocycles. The van der Waals surface area contributed by atoms with Gasteiger partial charge >= 0.3 is 0 Å². The molecule has 1 aliphatic rings. The van der Waals surface area contributed by atoms with Crippen LogP contribution in [0.1, 0.15) is 24.8 Å². The number of sulfonamides is 1. The molecule has 6 heteroatoms. The zero-order valence-corrected chi connectivity index (χ0v) is 12.4. The Bertz CT molecular complexity index is 527. The van der Waals surface area contributed by atoms with E-state index in [4.69, 9.17) is 10.5 Å². The van der Waals surface area contributed by atoms with E-state index in [0.29, 0.717) is 30.8 Å². The number of para-hydroxylation sites is 1. The fraction of sp³-hybridized carbons (Fsp3) is 0.571. The Labute approximate surface area is 120 Å². The smallest absolute Gasteiger partial charge is 0.215 e. The maximum Gasteiger partial charge on any atom is 0.215 e. The van der Waals surface area contributed by atoms with Crippen LogP contribution >= 0.6 is 0 Å². The summed E-state index contributed by atoms with van der Waals surface area (Å²) >= 11 is 0. The highest BCUT2D eigenvalue weighted by Crippen LogP contribution is 2.28. The number of rotatable bonds is 9. The molecule has 0 amide bonds. The van der Waals surface area contributed by atoms with Gasteiger partial charge in [-0.05, 0) is 36.8 Å². The summed E-state index contributed by atoms with van der Waals surface area (Å²) in [5.41, 5.74) is 6.88. The quantitative estimate of drug-likeness (QED) is 0.535. The summed E-state index contributed by atoms with van der Waals surface area (Å²) in [5.74, 6) is 0.663. The molecule has 1 fully saturated rings. The summed E-state index contributed by atoms with van der Waals surface area (Å²) in [6, 6.07) is 7.01. The number of anilines is 1. The zero-order chi connectivity index (χ0) is 14.4. The Morgan fingerprint density at radius 3 is 2.75 bits per heavy atom. The van der Waals surface area contributed by atoms with Crippen LogP contribution in [-0.4, -0.2) is 28.2 Å². The second-order valence-electron chi connectivity index (χ2n) is 5.22. The third kappa shape index (κ3) is 5.48. The van der Waals surface area contributed by atoms with E-state index in [9.17, 15) is 8.42 Å². The first-order chi connectivity index (χ1) is 9.57. The van der Waals surface area contributed by atoms with Gasteiger partial charge in [-0.15, -0.1) is 0 Å². The van der Waals surface area contributed by atoms with Crippen LogP contribution in [0, 0.1) is 5.92 Å². The van der Waals surface area contributed by atoms with Crippen LogP contribution in [0.15, 0.2) is 24.3 Å². The minimum absolute atomic E-state index is 0.0807. The fourth-order valence-electron chi connectivity index (χ4n) is 1.86. The summed E-state index contributed by atoms with van der Waals surface area (Å²) < 4.78 is 31.8. The molecule has 20 heavy (non-hydrogen) atoms. The monoisotopic (exact) mass is 298 g/mol. The maximum absolute atomic E-state index is 11.9. The standard InChI is InChI=1S/C14H22N2O3S/c15-14-5-2-1-4-13(14)11-20(17,18)16-8-3-9-19-10-12-6-7-12/h1-2,4-5,12,16H,3,6-11,15H2. The molecule has 0 heterocycles. The normalized spacial score (nSPS) is 15.4. The van der Waals surface area contributed by atoms with Gasteiger partial charge in [-0.1, -0.05) is 18.2 Å². The molecule has 0 atom stereocenters. The van der Waals surface area contributed by atoms with Crippen LogP contribution in [0.5, 0.6) is 0 Å². The average Bonchev–Trinajstić information content (AvgIpc) is 3.20. The summed E-state index contributed by atoms with van der Waals surface area (Å²) in [6.07, 6.45) is 3.23. The number of nitrogens with two attached hydrogens (primary N) is 1. The molecule has 1 aromatic carbocycles.